The van der Waals surface area contributed by atoms with E-state index in [1.165, 1.54) is 6.08 Å². The minimum Gasteiger partial charge on any atom is -0.350 e. The molecule has 0 heterocycles. The molecule has 0 aromatic heterocycles. The van der Waals surface area contributed by atoms with Crippen molar-refractivity contribution in [3.05, 3.63) is 11.0 Å². The van der Waals surface area contributed by atoms with Crippen LogP contribution in [0.1, 0.15) is 13.8 Å². The number of nitrogens with one attached hydrogen (secondary N) is 2. The SMILES string of the molecule is CC(C)NC(=O)/C=C(/S)C=N. The Balaban J connectivity index is 3.96. The second-order valence-corrected chi connectivity index (χ2v) is 2.89. The summed E-state index contributed by atoms with van der Waals surface area (Å²) < 4.78 is 0. The Hall–Kier alpha value is -0.770. The summed E-state index contributed by atoms with van der Waals surface area (Å²) in [5.74, 6) is -0.214. The van der Waals surface area contributed by atoms with Crippen LogP contribution in [0.4, 0.5) is 0 Å². The van der Waals surface area contributed by atoms with Crippen molar-refractivity contribution in [2.45, 2.75) is 19.9 Å². The van der Waals surface area contributed by atoms with Gasteiger partial charge in [0.05, 0.1) is 0 Å². The van der Waals surface area contributed by atoms with Gasteiger partial charge in [0.1, 0.15) is 0 Å². The largest absolute Gasteiger partial charge is 0.350 e. The molecular weight excluding hydrogens is 160 g/mol. The van der Waals surface area contributed by atoms with Crippen molar-refractivity contribution in [2.75, 3.05) is 0 Å². The number of hydrogen-bond donors (Lipinski definition) is 3. The van der Waals surface area contributed by atoms with Crippen LogP contribution in [0.15, 0.2) is 11.0 Å². The van der Waals surface area contributed by atoms with E-state index in [0.717, 1.165) is 6.21 Å². The molecule has 62 valence electrons. The Morgan fingerprint density at radius 1 is 1.64 bits per heavy atom. The van der Waals surface area contributed by atoms with Crippen LogP contribution in [-0.4, -0.2) is 18.2 Å². The van der Waals surface area contributed by atoms with Gasteiger partial charge in [-0.2, -0.15) is 0 Å². The van der Waals surface area contributed by atoms with Crippen molar-refractivity contribution >= 4 is 24.8 Å². The minimum atomic E-state index is -0.214. The molecule has 1 amide bonds. The number of thiol groups is 1. The predicted octanol–water partition coefficient (Wildman–Crippen LogP) is 0.974. The molecular formula is C7H12N2OS. The Bertz CT molecular complexity index is 187. The molecule has 2 N–H and O–H groups in total. The summed E-state index contributed by atoms with van der Waals surface area (Å²) in [4.78, 5) is 11.2. The number of amides is 1. The molecule has 0 saturated carbocycles. The highest BCUT2D eigenvalue weighted by atomic mass is 32.1. The monoisotopic (exact) mass is 172 g/mol. The Labute approximate surface area is 71.8 Å². The fourth-order valence-electron chi connectivity index (χ4n) is 0.502. The van der Waals surface area contributed by atoms with Crippen molar-refractivity contribution in [3.63, 3.8) is 0 Å². The van der Waals surface area contributed by atoms with Crippen molar-refractivity contribution < 1.29 is 4.79 Å². The van der Waals surface area contributed by atoms with E-state index < -0.39 is 0 Å². The van der Waals surface area contributed by atoms with Gasteiger partial charge in [-0.15, -0.1) is 12.6 Å². The van der Waals surface area contributed by atoms with E-state index in [-0.39, 0.29) is 11.9 Å². The first kappa shape index (κ1) is 10.2. The van der Waals surface area contributed by atoms with E-state index in [4.69, 9.17) is 5.41 Å². The van der Waals surface area contributed by atoms with E-state index >= 15 is 0 Å². The highest BCUT2D eigenvalue weighted by molar-refractivity contribution is 7.85. The van der Waals surface area contributed by atoms with Gasteiger partial charge in [0.25, 0.3) is 0 Å². The highest BCUT2D eigenvalue weighted by Crippen LogP contribution is 1.94. The van der Waals surface area contributed by atoms with Gasteiger partial charge < -0.3 is 10.7 Å². The lowest BCUT2D eigenvalue weighted by atomic mass is 10.4. The third kappa shape index (κ3) is 5.66. The fraction of sp³-hybridized carbons (Fsp3) is 0.429. The van der Waals surface area contributed by atoms with Crippen molar-refractivity contribution in [1.29, 1.82) is 5.41 Å². The molecule has 0 aromatic carbocycles. The van der Waals surface area contributed by atoms with E-state index in [2.05, 4.69) is 17.9 Å². The molecule has 0 bridgehead atoms. The topological polar surface area (TPSA) is 53.0 Å². The standard InChI is InChI=1S/C7H12N2OS/c1-5(2)9-7(10)3-6(11)4-8/h3-5,8,11H,1-2H3,(H,9,10)/b6-3+,8-4?. The molecule has 0 radical (unpaired) electrons. The quantitative estimate of drug-likeness (QED) is 0.332. The molecule has 3 nitrogen and oxygen atoms in total. The molecule has 4 heteroatoms. The van der Waals surface area contributed by atoms with E-state index in [9.17, 15) is 4.79 Å². The number of carbonyl (C=O) groups excluding carboxylic acids is 1. The third-order valence-corrected chi connectivity index (χ3v) is 1.12. The van der Waals surface area contributed by atoms with Crippen LogP contribution >= 0.6 is 12.6 Å². The van der Waals surface area contributed by atoms with Gasteiger partial charge in [0.2, 0.25) is 5.91 Å². The second-order valence-electron chi connectivity index (χ2n) is 2.38. The molecule has 0 saturated heterocycles. The molecule has 0 atom stereocenters. The Morgan fingerprint density at radius 2 is 2.18 bits per heavy atom. The summed E-state index contributed by atoms with van der Waals surface area (Å²) in [5, 5.41) is 9.38. The number of allylic oxidation sites excluding steroid dienone is 1. The lowest BCUT2D eigenvalue weighted by Crippen LogP contribution is -2.28. The zero-order valence-electron chi connectivity index (χ0n) is 6.59. The lowest BCUT2D eigenvalue weighted by molar-refractivity contribution is -0.116. The normalized spacial score (nSPS) is 11.5. The molecule has 0 aliphatic carbocycles. The molecule has 0 aliphatic heterocycles. The lowest BCUT2D eigenvalue weighted by Gasteiger charge is -2.04. The van der Waals surface area contributed by atoms with Gasteiger partial charge in [0, 0.05) is 23.2 Å². The maximum absolute atomic E-state index is 10.9. The van der Waals surface area contributed by atoms with Crippen LogP contribution < -0.4 is 5.32 Å². The van der Waals surface area contributed by atoms with E-state index in [1.807, 2.05) is 13.8 Å². The van der Waals surface area contributed by atoms with E-state index in [1.54, 1.807) is 0 Å². The first-order chi connectivity index (χ1) is 5.06. The van der Waals surface area contributed by atoms with E-state index in [0.29, 0.717) is 4.91 Å². The van der Waals surface area contributed by atoms with Gasteiger partial charge in [0.15, 0.2) is 0 Å². The smallest absolute Gasteiger partial charge is 0.245 e. The number of hydrogen-bond acceptors (Lipinski definition) is 3. The van der Waals surface area contributed by atoms with Crippen LogP contribution in [-0.2, 0) is 4.79 Å². The second kappa shape index (κ2) is 4.96. The maximum atomic E-state index is 10.9. The van der Waals surface area contributed by atoms with Gasteiger partial charge in [-0.1, -0.05) is 0 Å². The molecule has 0 spiro atoms. The minimum absolute atomic E-state index is 0.116. The third-order valence-electron chi connectivity index (χ3n) is 0.858. The summed E-state index contributed by atoms with van der Waals surface area (Å²) >= 11 is 3.85. The van der Waals surface area contributed by atoms with Gasteiger partial charge in [-0.05, 0) is 13.8 Å². The number of carbonyl (C=O) groups is 1. The van der Waals surface area contributed by atoms with Crippen LogP contribution in [0, 0.1) is 5.41 Å². The molecule has 0 aromatic rings. The summed E-state index contributed by atoms with van der Waals surface area (Å²) in [6.07, 6.45) is 2.29. The average Bonchev–Trinajstić information content (AvgIpc) is 1.85. The Kier molecular flexibility index (Phi) is 4.61. The highest BCUT2D eigenvalue weighted by Gasteiger charge is 1.98. The van der Waals surface area contributed by atoms with Crippen LogP contribution in [0.2, 0.25) is 0 Å². The summed E-state index contributed by atoms with van der Waals surface area (Å²) in [5.41, 5.74) is 0. The van der Waals surface area contributed by atoms with Crippen LogP contribution in [0.3, 0.4) is 0 Å². The predicted molar refractivity (Wildman–Crippen MR) is 49.1 cm³/mol. The summed E-state index contributed by atoms with van der Waals surface area (Å²) in [6, 6.07) is 0.116. The summed E-state index contributed by atoms with van der Waals surface area (Å²) in [7, 11) is 0. The zero-order chi connectivity index (χ0) is 8.85. The molecule has 0 aliphatic rings. The first-order valence-corrected chi connectivity index (χ1v) is 3.72. The van der Waals surface area contributed by atoms with Crippen LogP contribution in [0.5, 0.6) is 0 Å². The zero-order valence-corrected chi connectivity index (χ0v) is 7.48. The van der Waals surface area contributed by atoms with Gasteiger partial charge in [-0.3, -0.25) is 4.79 Å². The molecule has 0 rings (SSSR count). The average molecular weight is 172 g/mol. The van der Waals surface area contributed by atoms with Crippen LogP contribution in [0.25, 0.3) is 0 Å². The summed E-state index contributed by atoms with van der Waals surface area (Å²) in [6.45, 7) is 3.74. The fourth-order valence-corrected chi connectivity index (χ4v) is 0.619. The maximum Gasteiger partial charge on any atom is 0.245 e. The molecule has 0 fully saturated rings. The Morgan fingerprint density at radius 3 is 2.55 bits per heavy atom. The van der Waals surface area contributed by atoms with Crippen molar-refractivity contribution in [3.8, 4) is 0 Å². The van der Waals surface area contributed by atoms with Crippen molar-refractivity contribution in [1.82, 2.24) is 5.32 Å². The first-order valence-electron chi connectivity index (χ1n) is 3.28. The van der Waals surface area contributed by atoms with Crippen molar-refractivity contribution in [2.24, 2.45) is 0 Å². The molecule has 11 heavy (non-hydrogen) atoms. The van der Waals surface area contributed by atoms with Gasteiger partial charge in [-0.25, -0.2) is 0 Å². The molecule has 0 unspecified atom stereocenters. The van der Waals surface area contributed by atoms with Gasteiger partial charge >= 0.3 is 0 Å². The number of rotatable bonds is 3.